The molecule has 148 valence electrons. The van der Waals surface area contributed by atoms with Gasteiger partial charge in [-0.05, 0) is 17.8 Å². The van der Waals surface area contributed by atoms with Gasteiger partial charge in [0.1, 0.15) is 24.3 Å². The van der Waals surface area contributed by atoms with Crippen molar-refractivity contribution in [3.8, 4) is 0 Å². The summed E-state index contributed by atoms with van der Waals surface area (Å²) in [5, 5.41) is 10.4. The van der Waals surface area contributed by atoms with Crippen LogP contribution in [0.5, 0.6) is 0 Å². The Kier molecular flexibility index (Phi) is 7.43. The van der Waals surface area contributed by atoms with Crippen LogP contribution in [-0.4, -0.2) is 53.5 Å². The number of carbonyl (C=O) groups is 3. The topological polar surface area (TPSA) is 112 Å². The van der Waals surface area contributed by atoms with Crippen molar-refractivity contribution in [3.05, 3.63) is 24.4 Å². The first-order valence-electron chi connectivity index (χ1n) is 8.26. The summed E-state index contributed by atoms with van der Waals surface area (Å²) >= 11 is 1.20. The maximum Gasteiger partial charge on any atom is 0.303 e. The maximum absolute atomic E-state index is 11.5. The second kappa shape index (κ2) is 9.56. The van der Waals surface area contributed by atoms with E-state index in [0.717, 1.165) is 4.73 Å². The van der Waals surface area contributed by atoms with Crippen molar-refractivity contribution in [2.75, 3.05) is 6.61 Å². The van der Waals surface area contributed by atoms with E-state index >= 15 is 0 Å². The molecule has 0 saturated carbocycles. The summed E-state index contributed by atoms with van der Waals surface area (Å²) in [4.78, 5) is 34.2. The van der Waals surface area contributed by atoms with Crippen molar-refractivity contribution >= 4 is 29.7 Å². The fraction of sp³-hybridized carbons (Fsp3) is 0.529. The smallest absolute Gasteiger partial charge is 0.303 e. The molecule has 0 radical (unpaired) electrons. The Morgan fingerprint density at radius 3 is 2.48 bits per heavy atom. The number of hydrogen-bond acceptors (Lipinski definition) is 9. The molecular weight excluding hydrogens is 378 g/mol. The molecule has 2 heterocycles. The highest BCUT2D eigenvalue weighted by atomic mass is 32.2. The van der Waals surface area contributed by atoms with Crippen molar-refractivity contribution in [1.82, 2.24) is 0 Å². The Hall–Kier alpha value is -2.33. The minimum Gasteiger partial charge on any atom is -0.463 e. The van der Waals surface area contributed by atoms with Crippen LogP contribution in [0.3, 0.4) is 0 Å². The zero-order chi connectivity index (χ0) is 20.0. The Bertz CT molecular complexity index is 697. The minimum absolute atomic E-state index is 0.171. The molecule has 9 nitrogen and oxygen atoms in total. The highest BCUT2D eigenvalue weighted by Crippen LogP contribution is 2.34. The number of esters is 3. The zero-order valence-corrected chi connectivity index (χ0v) is 16.0. The number of ether oxygens (including phenoxy) is 4. The molecule has 1 fully saturated rings. The molecule has 0 amide bonds. The van der Waals surface area contributed by atoms with Gasteiger partial charge in [-0.1, -0.05) is 0 Å². The first-order chi connectivity index (χ1) is 12.8. The average Bonchev–Trinajstić information content (AvgIpc) is 2.56. The lowest BCUT2D eigenvalue weighted by Crippen LogP contribution is -2.53. The van der Waals surface area contributed by atoms with Crippen molar-refractivity contribution < 1.29 is 43.3 Å². The number of aromatic nitrogens is 1. The number of thioether (sulfide) groups is 1. The molecule has 27 heavy (non-hydrogen) atoms. The molecule has 1 aliphatic rings. The summed E-state index contributed by atoms with van der Waals surface area (Å²) in [7, 11) is 0. The molecule has 1 N–H and O–H groups in total. The third kappa shape index (κ3) is 6.40. The van der Waals surface area contributed by atoms with E-state index in [1.54, 1.807) is 18.2 Å². The lowest BCUT2D eigenvalue weighted by molar-refractivity contribution is -0.932. The zero-order valence-electron chi connectivity index (χ0n) is 15.2. The Morgan fingerprint density at radius 1 is 1.19 bits per heavy atom. The first-order valence-corrected chi connectivity index (χ1v) is 9.14. The van der Waals surface area contributed by atoms with Crippen LogP contribution in [-0.2, 0) is 33.3 Å². The van der Waals surface area contributed by atoms with Crippen molar-refractivity contribution in [1.29, 1.82) is 0 Å². The van der Waals surface area contributed by atoms with Crippen LogP contribution in [0.25, 0.3) is 0 Å². The second-order valence-electron chi connectivity index (χ2n) is 5.87. The molecule has 2 rings (SSSR count). The molecular formula is C17H22NO8S+. The third-order valence-electron chi connectivity index (χ3n) is 3.61. The van der Waals surface area contributed by atoms with Crippen molar-refractivity contribution in [2.24, 2.45) is 0 Å². The van der Waals surface area contributed by atoms with Gasteiger partial charge in [-0.25, -0.2) is 0 Å². The van der Waals surface area contributed by atoms with Crippen LogP contribution in [0, 0.1) is 0 Å². The third-order valence-corrected chi connectivity index (χ3v) is 4.74. The predicted molar refractivity (Wildman–Crippen MR) is 90.7 cm³/mol. The van der Waals surface area contributed by atoms with Gasteiger partial charge in [-0.2, -0.15) is 0 Å². The monoisotopic (exact) mass is 400 g/mol. The van der Waals surface area contributed by atoms with Gasteiger partial charge in [-0.3, -0.25) is 19.6 Å². The van der Waals surface area contributed by atoms with Gasteiger partial charge in [0, 0.05) is 44.1 Å². The fourth-order valence-electron chi connectivity index (χ4n) is 2.62. The number of pyridine rings is 1. The fourth-order valence-corrected chi connectivity index (χ4v) is 3.70. The normalized spacial score (nSPS) is 24.7. The largest absolute Gasteiger partial charge is 0.463 e. The van der Waals surface area contributed by atoms with Gasteiger partial charge in [0.2, 0.25) is 6.20 Å². The maximum atomic E-state index is 11.5. The van der Waals surface area contributed by atoms with Crippen LogP contribution in [0.2, 0.25) is 0 Å². The molecule has 4 atom stereocenters. The van der Waals surface area contributed by atoms with E-state index < -0.39 is 41.7 Å². The molecule has 0 aromatic carbocycles. The van der Waals surface area contributed by atoms with Crippen LogP contribution < -0.4 is 4.73 Å². The summed E-state index contributed by atoms with van der Waals surface area (Å²) in [5.74, 6) is -1.63. The van der Waals surface area contributed by atoms with Crippen LogP contribution in [0.15, 0.2) is 29.4 Å². The average molecular weight is 400 g/mol. The van der Waals surface area contributed by atoms with Crippen LogP contribution in [0.1, 0.15) is 27.2 Å². The Morgan fingerprint density at radius 2 is 1.89 bits per heavy atom. The van der Waals surface area contributed by atoms with Crippen LogP contribution >= 0.6 is 11.8 Å². The number of hydrogen-bond donors (Lipinski definition) is 1. The first kappa shape index (κ1) is 21.0. The van der Waals surface area contributed by atoms with E-state index in [9.17, 15) is 19.6 Å². The molecule has 4 unspecified atom stereocenters. The summed E-state index contributed by atoms with van der Waals surface area (Å²) in [6.07, 6.45) is -0.849. The van der Waals surface area contributed by atoms with E-state index in [1.807, 2.05) is 0 Å². The summed E-state index contributed by atoms with van der Waals surface area (Å²) in [5.41, 5.74) is -0.539. The standard InChI is InChI=1S/C17H22NO8S/c1-10(19)23-9-14-17(25-12(3)21)13(24-11(2)20)8-16(26-14)27-15-6-4-5-7-18(15)22/h4-7,13-14,16-17,22H,8-9H2,1-3H3/q+1. The molecule has 0 spiro atoms. The van der Waals surface area contributed by atoms with Crippen molar-refractivity contribution in [2.45, 2.75) is 56.0 Å². The van der Waals surface area contributed by atoms with Crippen molar-refractivity contribution in [3.63, 3.8) is 0 Å². The second-order valence-corrected chi connectivity index (χ2v) is 7.05. The lowest BCUT2D eigenvalue weighted by atomic mass is 10.0. The Balaban J connectivity index is 2.22. The van der Waals surface area contributed by atoms with Gasteiger partial charge in [0.05, 0.1) is 0 Å². The van der Waals surface area contributed by atoms with E-state index in [0.29, 0.717) is 5.03 Å². The SMILES string of the molecule is CC(=O)OCC1OC(Sc2cccc[n+]2O)CC(OC(C)=O)C1OC(C)=O. The minimum atomic E-state index is -0.917. The van der Waals surface area contributed by atoms with Gasteiger partial charge < -0.3 is 18.9 Å². The molecule has 1 aliphatic heterocycles. The predicted octanol–water partition coefficient (Wildman–Crippen LogP) is 0.845. The summed E-state index contributed by atoms with van der Waals surface area (Å²) in [6, 6.07) is 5.10. The quantitative estimate of drug-likeness (QED) is 0.321. The number of rotatable bonds is 6. The molecule has 0 aliphatic carbocycles. The van der Waals surface area contributed by atoms with E-state index in [4.69, 9.17) is 18.9 Å². The van der Waals surface area contributed by atoms with Gasteiger partial charge in [0.25, 0.3) is 5.03 Å². The highest BCUT2D eigenvalue weighted by molar-refractivity contribution is 7.99. The van der Waals surface area contributed by atoms with Gasteiger partial charge >= 0.3 is 17.9 Å². The van der Waals surface area contributed by atoms with Gasteiger partial charge in [0.15, 0.2) is 6.10 Å². The molecule has 10 heteroatoms. The highest BCUT2D eigenvalue weighted by Gasteiger charge is 2.44. The Labute approximate surface area is 160 Å². The lowest BCUT2D eigenvalue weighted by Gasteiger charge is -2.39. The molecule has 1 aromatic heterocycles. The van der Waals surface area contributed by atoms with Gasteiger partial charge in [-0.15, -0.1) is 0 Å². The van der Waals surface area contributed by atoms with E-state index in [-0.39, 0.29) is 13.0 Å². The van der Waals surface area contributed by atoms with E-state index in [2.05, 4.69) is 0 Å². The summed E-state index contributed by atoms with van der Waals surface area (Å²) < 4.78 is 22.5. The van der Waals surface area contributed by atoms with E-state index in [1.165, 1.54) is 38.7 Å². The molecule has 0 bridgehead atoms. The number of carbonyl (C=O) groups excluding carboxylic acids is 3. The number of nitrogens with zero attached hydrogens (tertiary/aromatic N) is 1. The summed E-state index contributed by atoms with van der Waals surface area (Å²) in [6.45, 7) is 3.56. The molecule has 1 aromatic rings. The van der Waals surface area contributed by atoms with Crippen LogP contribution in [0.4, 0.5) is 0 Å². The molecule has 1 saturated heterocycles.